The van der Waals surface area contributed by atoms with Crippen LogP contribution < -0.4 is 9.62 Å². The largest absolute Gasteiger partial charge is 0.307 e. The van der Waals surface area contributed by atoms with Gasteiger partial charge < -0.3 is 5.32 Å². The lowest BCUT2D eigenvalue weighted by atomic mass is 10.2. The Morgan fingerprint density at radius 1 is 1.10 bits per heavy atom. The highest BCUT2D eigenvalue weighted by molar-refractivity contribution is 7.93. The molecule has 0 spiro atoms. The van der Waals surface area contributed by atoms with Gasteiger partial charge in [0.05, 0.1) is 22.3 Å². The number of hydrogen-bond acceptors (Lipinski definition) is 4. The Morgan fingerprint density at radius 3 is 2.52 bits per heavy atom. The number of nitrogens with one attached hydrogen (secondary N) is 1. The number of pyridine rings is 1. The molecule has 1 heterocycles. The van der Waals surface area contributed by atoms with Gasteiger partial charge in [-0.15, -0.1) is 6.58 Å². The fourth-order valence-electron chi connectivity index (χ4n) is 2.86. The zero-order valence-corrected chi connectivity index (χ0v) is 18.9. The number of sulfonamides is 1. The summed E-state index contributed by atoms with van der Waals surface area (Å²) in [6.07, 6.45) is 1.44. The molecule has 1 aromatic heterocycles. The summed E-state index contributed by atoms with van der Waals surface area (Å²) < 4.78 is 28.0. The van der Waals surface area contributed by atoms with E-state index in [1.807, 2.05) is 0 Å². The molecule has 0 saturated carbocycles. The summed E-state index contributed by atoms with van der Waals surface area (Å²) in [6.45, 7) is 5.39. The van der Waals surface area contributed by atoms with E-state index >= 15 is 0 Å². The predicted molar refractivity (Wildman–Crippen MR) is 125 cm³/mol. The van der Waals surface area contributed by atoms with Crippen LogP contribution in [0.2, 0.25) is 10.0 Å². The van der Waals surface area contributed by atoms with Crippen molar-refractivity contribution in [3.63, 3.8) is 0 Å². The van der Waals surface area contributed by atoms with Gasteiger partial charge in [0, 0.05) is 11.3 Å². The standard InChI is InChI=1S/C22H19Cl2N3O3S/c1-3-13-27(19-9-5-4-8-17(19)23)31(29,30)20-14-16(11-12-18(20)24)22(28)26-21-10-6-7-15(2)25-21/h3-12,14H,1,13H2,2H3,(H,25,26,28). The normalized spacial score (nSPS) is 11.1. The van der Waals surface area contributed by atoms with Gasteiger partial charge in [-0.1, -0.05) is 47.5 Å². The molecule has 0 unspecified atom stereocenters. The molecule has 0 bridgehead atoms. The number of amides is 1. The minimum atomic E-state index is -4.15. The maximum Gasteiger partial charge on any atom is 0.266 e. The zero-order valence-electron chi connectivity index (χ0n) is 16.5. The summed E-state index contributed by atoms with van der Waals surface area (Å²) in [5.74, 6) is -0.159. The molecule has 3 rings (SSSR count). The van der Waals surface area contributed by atoms with Crippen molar-refractivity contribution >= 4 is 50.6 Å². The summed E-state index contributed by atoms with van der Waals surface area (Å²) in [4.78, 5) is 16.7. The Balaban J connectivity index is 2.02. The van der Waals surface area contributed by atoms with Gasteiger partial charge in [0.2, 0.25) is 0 Å². The second-order valence-electron chi connectivity index (χ2n) is 6.54. The smallest absolute Gasteiger partial charge is 0.266 e. The molecule has 3 aromatic rings. The Kier molecular flexibility index (Phi) is 7.00. The third kappa shape index (κ3) is 5.07. The van der Waals surface area contributed by atoms with E-state index in [1.54, 1.807) is 49.4 Å². The van der Waals surface area contributed by atoms with E-state index in [4.69, 9.17) is 23.2 Å². The van der Waals surface area contributed by atoms with Crippen molar-refractivity contribution in [3.8, 4) is 0 Å². The third-order valence-electron chi connectivity index (χ3n) is 4.31. The molecule has 2 aromatic carbocycles. The lowest BCUT2D eigenvalue weighted by Crippen LogP contribution is -2.32. The summed E-state index contributed by atoms with van der Waals surface area (Å²) in [5, 5.41) is 2.88. The Hall–Kier alpha value is -2.87. The van der Waals surface area contributed by atoms with Crippen LogP contribution in [-0.2, 0) is 10.0 Å². The van der Waals surface area contributed by atoms with Crippen molar-refractivity contribution in [2.75, 3.05) is 16.2 Å². The van der Waals surface area contributed by atoms with Gasteiger partial charge in [-0.3, -0.25) is 9.10 Å². The van der Waals surface area contributed by atoms with Gasteiger partial charge in [-0.25, -0.2) is 13.4 Å². The van der Waals surface area contributed by atoms with Gasteiger partial charge in [0.1, 0.15) is 10.7 Å². The number of nitrogens with zero attached hydrogens (tertiary/aromatic N) is 2. The van der Waals surface area contributed by atoms with E-state index in [9.17, 15) is 13.2 Å². The van der Waals surface area contributed by atoms with Crippen molar-refractivity contribution in [1.82, 2.24) is 4.98 Å². The van der Waals surface area contributed by atoms with Crippen LogP contribution in [0.15, 0.2) is 78.2 Å². The second kappa shape index (κ2) is 9.51. The van der Waals surface area contributed by atoms with Crippen molar-refractivity contribution in [2.45, 2.75) is 11.8 Å². The van der Waals surface area contributed by atoms with Crippen LogP contribution in [0.5, 0.6) is 0 Å². The van der Waals surface area contributed by atoms with Gasteiger partial charge in [0.25, 0.3) is 15.9 Å². The molecule has 0 saturated heterocycles. The van der Waals surface area contributed by atoms with Crippen molar-refractivity contribution in [2.24, 2.45) is 0 Å². The maximum absolute atomic E-state index is 13.5. The van der Waals surface area contributed by atoms with Crippen LogP contribution >= 0.6 is 23.2 Å². The molecule has 0 aliphatic heterocycles. The van der Waals surface area contributed by atoms with Crippen LogP contribution in [-0.4, -0.2) is 25.9 Å². The first kappa shape index (κ1) is 22.8. The first-order valence-electron chi connectivity index (χ1n) is 9.17. The number of halogens is 2. The number of benzene rings is 2. The number of aromatic nitrogens is 1. The Bertz CT molecular complexity index is 1250. The molecule has 1 amide bonds. The Labute approximate surface area is 191 Å². The SMILES string of the molecule is C=CCN(c1ccccc1Cl)S(=O)(=O)c1cc(C(=O)Nc2cccc(C)n2)ccc1Cl. The first-order valence-corrected chi connectivity index (χ1v) is 11.4. The van der Waals surface area contributed by atoms with E-state index in [1.165, 1.54) is 24.3 Å². The molecular formula is C22H19Cl2N3O3S. The molecule has 31 heavy (non-hydrogen) atoms. The molecule has 0 fully saturated rings. The van der Waals surface area contributed by atoms with Crippen LogP contribution in [0, 0.1) is 6.92 Å². The number of carbonyl (C=O) groups is 1. The van der Waals surface area contributed by atoms with Gasteiger partial charge >= 0.3 is 0 Å². The summed E-state index contributed by atoms with van der Waals surface area (Å²) in [5.41, 5.74) is 1.12. The van der Waals surface area contributed by atoms with E-state index in [0.717, 1.165) is 10.00 Å². The monoisotopic (exact) mass is 475 g/mol. The molecule has 1 N–H and O–H groups in total. The number of anilines is 2. The van der Waals surface area contributed by atoms with Gasteiger partial charge in [0.15, 0.2) is 0 Å². The highest BCUT2D eigenvalue weighted by Gasteiger charge is 2.28. The minimum Gasteiger partial charge on any atom is -0.307 e. The minimum absolute atomic E-state index is 0.0219. The highest BCUT2D eigenvalue weighted by atomic mass is 35.5. The molecule has 0 aliphatic rings. The van der Waals surface area contributed by atoms with Crippen molar-refractivity contribution < 1.29 is 13.2 Å². The zero-order chi connectivity index (χ0) is 22.6. The first-order chi connectivity index (χ1) is 14.7. The fraction of sp³-hybridized carbons (Fsp3) is 0.0909. The van der Waals surface area contributed by atoms with E-state index < -0.39 is 15.9 Å². The lowest BCUT2D eigenvalue weighted by Gasteiger charge is -2.24. The average Bonchev–Trinajstić information content (AvgIpc) is 2.72. The third-order valence-corrected chi connectivity index (χ3v) is 6.89. The summed E-state index contributed by atoms with van der Waals surface area (Å²) in [7, 11) is -4.15. The molecule has 6 nitrogen and oxygen atoms in total. The quantitative estimate of drug-likeness (QED) is 0.468. The number of carbonyl (C=O) groups excluding carboxylic acids is 1. The Morgan fingerprint density at radius 2 is 1.84 bits per heavy atom. The van der Waals surface area contributed by atoms with Crippen molar-refractivity contribution in [3.05, 3.63) is 94.6 Å². The molecule has 160 valence electrons. The van der Waals surface area contributed by atoms with Crippen LogP contribution in [0.25, 0.3) is 0 Å². The number of para-hydroxylation sites is 1. The molecule has 0 atom stereocenters. The predicted octanol–water partition coefficient (Wildman–Crippen LogP) is 5.33. The molecule has 9 heteroatoms. The second-order valence-corrected chi connectivity index (χ2v) is 9.18. The molecule has 0 aliphatic carbocycles. The van der Waals surface area contributed by atoms with E-state index in [0.29, 0.717) is 5.82 Å². The van der Waals surface area contributed by atoms with E-state index in [2.05, 4.69) is 16.9 Å². The number of hydrogen-bond donors (Lipinski definition) is 1. The highest BCUT2D eigenvalue weighted by Crippen LogP contribution is 2.33. The van der Waals surface area contributed by atoms with Crippen LogP contribution in [0.1, 0.15) is 16.1 Å². The average molecular weight is 476 g/mol. The van der Waals surface area contributed by atoms with Gasteiger partial charge in [-0.2, -0.15) is 0 Å². The molecular weight excluding hydrogens is 457 g/mol. The topological polar surface area (TPSA) is 79.4 Å². The maximum atomic E-state index is 13.5. The van der Waals surface area contributed by atoms with E-state index in [-0.39, 0.29) is 32.7 Å². The number of rotatable bonds is 7. The van der Waals surface area contributed by atoms with Crippen LogP contribution in [0.4, 0.5) is 11.5 Å². The summed E-state index contributed by atoms with van der Waals surface area (Å²) >= 11 is 12.5. The van der Waals surface area contributed by atoms with Crippen molar-refractivity contribution in [1.29, 1.82) is 0 Å². The van der Waals surface area contributed by atoms with Gasteiger partial charge in [-0.05, 0) is 49.4 Å². The number of aryl methyl sites for hydroxylation is 1. The molecule has 0 radical (unpaired) electrons. The lowest BCUT2D eigenvalue weighted by molar-refractivity contribution is 0.102. The van der Waals surface area contributed by atoms with Crippen LogP contribution in [0.3, 0.4) is 0 Å². The fourth-order valence-corrected chi connectivity index (χ4v) is 5.10. The summed E-state index contributed by atoms with van der Waals surface area (Å²) in [6, 6.07) is 15.8.